The molecule has 1 aromatic carbocycles. The number of hydrogen-bond acceptors (Lipinski definition) is 6. The van der Waals surface area contributed by atoms with Crippen LogP contribution in [0.2, 0.25) is 0 Å². The third kappa shape index (κ3) is 4.79. The maximum absolute atomic E-state index is 12.7. The Bertz CT molecular complexity index is 775. The van der Waals surface area contributed by atoms with Gasteiger partial charge in [-0.2, -0.15) is 0 Å². The van der Waals surface area contributed by atoms with Gasteiger partial charge in [-0.1, -0.05) is 12.1 Å². The molecule has 0 radical (unpaired) electrons. The van der Waals surface area contributed by atoms with Gasteiger partial charge in [0, 0.05) is 44.5 Å². The lowest BCUT2D eigenvalue weighted by atomic mass is 9.95. The molecule has 2 heterocycles. The van der Waals surface area contributed by atoms with E-state index >= 15 is 0 Å². The van der Waals surface area contributed by atoms with Gasteiger partial charge in [0.2, 0.25) is 5.91 Å². The Morgan fingerprint density at radius 1 is 1.19 bits per heavy atom. The maximum atomic E-state index is 12.7. The zero-order valence-electron chi connectivity index (χ0n) is 15.1. The zero-order valence-corrected chi connectivity index (χ0v) is 15.1. The molecule has 2 amide bonds. The summed E-state index contributed by atoms with van der Waals surface area (Å²) in [5.74, 6) is 0.429. The van der Waals surface area contributed by atoms with Gasteiger partial charge in [0.25, 0.3) is 5.91 Å². The van der Waals surface area contributed by atoms with Crippen LogP contribution in [-0.4, -0.2) is 48.0 Å². The van der Waals surface area contributed by atoms with E-state index < -0.39 is 0 Å². The van der Waals surface area contributed by atoms with E-state index in [0.29, 0.717) is 24.3 Å². The van der Waals surface area contributed by atoms with Gasteiger partial charge < -0.3 is 21.3 Å². The Balaban J connectivity index is 1.59. The van der Waals surface area contributed by atoms with E-state index in [2.05, 4.69) is 25.5 Å². The molecule has 27 heavy (non-hydrogen) atoms. The highest BCUT2D eigenvalue weighted by molar-refractivity contribution is 6.04. The van der Waals surface area contributed by atoms with Gasteiger partial charge in [0.05, 0.1) is 17.4 Å². The summed E-state index contributed by atoms with van der Waals surface area (Å²) in [6, 6.07) is 7.00. The fraction of sp³-hybridized carbons (Fsp3) is 0.368. The fourth-order valence-corrected chi connectivity index (χ4v) is 3.13. The van der Waals surface area contributed by atoms with Crippen molar-refractivity contribution in [3.05, 3.63) is 48.4 Å². The van der Waals surface area contributed by atoms with Crippen molar-refractivity contribution in [2.45, 2.75) is 12.8 Å². The topological polar surface area (TPSA) is 113 Å². The minimum atomic E-state index is -0.242. The number of aromatic nitrogens is 2. The van der Waals surface area contributed by atoms with E-state index in [1.165, 1.54) is 0 Å². The summed E-state index contributed by atoms with van der Waals surface area (Å²) >= 11 is 0. The number of nitrogens with zero attached hydrogens (tertiary/aromatic N) is 3. The first-order valence-electron chi connectivity index (χ1n) is 9.08. The van der Waals surface area contributed by atoms with E-state index in [1.807, 2.05) is 0 Å². The predicted octanol–water partition coefficient (Wildman–Crippen LogP) is 1.02. The van der Waals surface area contributed by atoms with E-state index in [4.69, 9.17) is 5.73 Å². The Kier molecular flexibility index (Phi) is 6.32. The number of nitrogens with one attached hydrogen (secondary N) is 2. The zero-order chi connectivity index (χ0) is 19.1. The van der Waals surface area contributed by atoms with Crippen molar-refractivity contribution in [1.82, 2.24) is 15.3 Å². The molecule has 1 aliphatic rings. The lowest BCUT2D eigenvalue weighted by Gasteiger charge is -2.31. The van der Waals surface area contributed by atoms with E-state index in [9.17, 15) is 9.59 Å². The number of para-hydroxylation sites is 1. The predicted molar refractivity (Wildman–Crippen MR) is 103 cm³/mol. The van der Waals surface area contributed by atoms with Gasteiger partial charge in [-0.25, -0.2) is 4.98 Å². The summed E-state index contributed by atoms with van der Waals surface area (Å²) in [5.41, 5.74) is 6.39. The molecular formula is C19H24N6O2. The minimum Gasteiger partial charge on any atom is -0.355 e. The molecule has 0 saturated carbocycles. The molecule has 3 rings (SSSR count). The highest BCUT2D eigenvalue weighted by atomic mass is 16.2. The number of anilines is 2. The van der Waals surface area contributed by atoms with Crippen molar-refractivity contribution < 1.29 is 9.59 Å². The molecule has 4 N–H and O–H groups in total. The van der Waals surface area contributed by atoms with Crippen LogP contribution in [-0.2, 0) is 4.79 Å². The summed E-state index contributed by atoms with van der Waals surface area (Å²) in [7, 11) is 0. The Labute approximate surface area is 158 Å². The molecule has 0 atom stereocenters. The number of carbonyl (C=O) groups is 2. The van der Waals surface area contributed by atoms with E-state index in [-0.39, 0.29) is 17.7 Å². The number of amides is 2. The van der Waals surface area contributed by atoms with Gasteiger partial charge in [-0.15, -0.1) is 0 Å². The summed E-state index contributed by atoms with van der Waals surface area (Å²) in [4.78, 5) is 35.5. The van der Waals surface area contributed by atoms with Crippen LogP contribution >= 0.6 is 0 Å². The summed E-state index contributed by atoms with van der Waals surface area (Å²) < 4.78 is 0. The number of benzene rings is 1. The number of rotatable bonds is 6. The van der Waals surface area contributed by atoms with Crippen molar-refractivity contribution in [1.29, 1.82) is 0 Å². The van der Waals surface area contributed by atoms with Crippen molar-refractivity contribution in [2.75, 3.05) is 36.4 Å². The van der Waals surface area contributed by atoms with Gasteiger partial charge in [0.15, 0.2) is 0 Å². The van der Waals surface area contributed by atoms with Crippen molar-refractivity contribution in [3.8, 4) is 0 Å². The Morgan fingerprint density at radius 2 is 1.96 bits per heavy atom. The normalized spacial score (nSPS) is 14.6. The first-order valence-corrected chi connectivity index (χ1v) is 9.08. The van der Waals surface area contributed by atoms with Gasteiger partial charge in [-0.3, -0.25) is 14.6 Å². The molecule has 0 unspecified atom stereocenters. The van der Waals surface area contributed by atoms with Crippen LogP contribution < -0.4 is 21.3 Å². The van der Waals surface area contributed by atoms with Gasteiger partial charge in [0.1, 0.15) is 5.82 Å². The third-order valence-electron chi connectivity index (χ3n) is 4.60. The smallest absolute Gasteiger partial charge is 0.253 e. The summed E-state index contributed by atoms with van der Waals surface area (Å²) in [6.45, 7) is 2.25. The Hall–Kier alpha value is -3.00. The lowest BCUT2D eigenvalue weighted by Crippen LogP contribution is -2.39. The van der Waals surface area contributed by atoms with Crippen LogP contribution in [0.15, 0.2) is 42.9 Å². The molecule has 8 nitrogen and oxygen atoms in total. The largest absolute Gasteiger partial charge is 0.355 e. The van der Waals surface area contributed by atoms with Crippen LogP contribution in [0.5, 0.6) is 0 Å². The molecule has 0 bridgehead atoms. The third-order valence-corrected chi connectivity index (χ3v) is 4.60. The van der Waals surface area contributed by atoms with E-state index in [1.54, 1.807) is 42.9 Å². The van der Waals surface area contributed by atoms with Gasteiger partial charge >= 0.3 is 0 Å². The lowest BCUT2D eigenvalue weighted by molar-refractivity contribution is -0.120. The first-order chi connectivity index (χ1) is 13.2. The average Bonchev–Trinajstić information content (AvgIpc) is 2.73. The van der Waals surface area contributed by atoms with Crippen LogP contribution in [0.3, 0.4) is 0 Å². The number of piperidine rings is 1. The summed E-state index contributed by atoms with van der Waals surface area (Å²) in [6.07, 6.45) is 6.50. The molecule has 1 fully saturated rings. The monoisotopic (exact) mass is 368 g/mol. The number of hydrogen-bond donors (Lipinski definition) is 3. The molecule has 2 aromatic rings. The van der Waals surface area contributed by atoms with Crippen LogP contribution in [0.1, 0.15) is 23.2 Å². The summed E-state index contributed by atoms with van der Waals surface area (Å²) in [5, 5.41) is 5.65. The quantitative estimate of drug-likeness (QED) is 0.702. The maximum Gasteiger partial charge on any atom is 0.253 e. The van der Waals surface area contributed by atoms with Crippen LogP contribution in [0.4, 0.5) is 11.5 Å². The van der Waals surface area contributed by atoms with E-state index in [0.717, 1.165) is 31.7 Å². The molecule has 0 aliphatic carbocycles. The molecule has 1 aliphatic heterocycles. The second kappa shape index (κ2) is 9.09. The molecule has 8 heteroatoms. The molecule has 1 saturated heterocycles. The SMILES string of the molecule is NCCNC(=O)c1ccccc1NC(=O)C1CCN(c2cnccn2)CC1. The number of nitrogens with two attached hydrogens (primary N) is 1. The second-order valence-electron chi connectivity index (χ2n) is 6.40. The van der Waals surface area contributed by atoms with Crippen molar-refractivity contribution in [2.24, 2.45) is 11.7 Å². The van der Waals surface area contributed by atoms with Gasteiger partial charge in [-0.05, 0) is 25.0 Å². The Morgan fingerprint density at radius 3 is 2.67 bits per heavy atom. The standard InChI is InChI=1S/C19H24N6O2/c20-7-8-23-19(27)15-3-1-2-4-16(15)24-18(26)14-5-11-25(12-6-14)17-13-21-9-10-22-17/h1-4,9-10,13-14H,5-8,11-12,20H2,(H,23,27)(H,24,26). The van der Waals surface area contributed by atoms with Crippen molar-refractivity contribution in [3.63, 3.8) is 0 Å². The first kappa shape index (κ1) is 18.8. The second-order valence-corrected chi connectivity index (χ2v) is 6.40. The highest BCUT2D eigenvalue weighted by Crippen LogP contribution is 2.23. The molecule has 1 aromatic heterocycles. The molecule has 0 spiro atoms. The van der Waals surface area contributed by atoms with Crippen LogP contribution in [0, 0.1) is 5.92 Å². The van der Waals surface area contributed by atoms with Crippen molar-refractivity contribution >= 4 is 23.3 Å². The average molecular weight is 368 g/mol. The highest BCUT2D eigenvalue weighted by Gasteiger charge is 2.26. The fourth-order valence-electron chi connectivity index (χ4n) is 3.13. The number of carbonyl (C=O) groups excluding carboxylic acids is 2. The molecule has 142 valence electrons. The molecular weight excluding hydrogens is 344 g/mol. The minimum absolute atomic E-state index is 0.0622. The van der Waals surface area contributed by atoms with Crippen LogP contribution in [0.25, 0.3) is 0 Å².